The van der Waals surface area contributed by atoms with Crippen LogP contribution in [-0.2, 0) is 0 Å². The van der Waals surface area contributed by atoms with Gasteiger partial charge in [-0.25, -0.2) is 4.39 Å². The van der Waals surface area contributed by atoms with Crippen molar-refractivity contribution in [1.29, 1.82) is 0 Å². The SMILES string of the molecule is CC(C)(C)C(=S)Nc1ccc(F)cc1Br. The highest BCUT2D eigenvalue weighted by Crippen LogP contribution is 2.26. The van der Waals surface area contributed by atoms with E-state index < -0.39 is 0 Å². The lowest BCUT2D eigenvalue weighted by atomic mass is 9.96. The van der Waals surface area contributed by atoms with Gasteiger partial charge in [0.15, 0.2) is 0 Å². The minimum Gasteiger partial charge on any atom is -0.349 e. The van der Waals surface area contributed by atoms with Crippen LogP contribution in [0, 0.1) is 11.2 Å². The van der Waals surface area contributed by atoms with Crippen LogP contribution in [0.25, 0.3) is 0 Å². The molecule has 0 bridgehead atoms. The van der Waals surface area contributed by atoms with Crippen molar-refractivity contribution in [1.82, 2.24) is 0 Å². The molecule has 0 radical (unpaired) electrons. The first kappa shape index (κ1) is 12.6. The van der Waals surface area contributed by atoms with Gasteiger partial charge in [-0.1, -0.05) is 33.0 Å². The van der Waals surface area contributed by atoms with E-state index in [0.717, 1.165) is 10.7 Å². The van der Waals surface area contributed by atoms with E-state index in [9.17, 15) is 4.39 Å². The summed E-state index contributed by atoms with van der Waals surface area (Å²) in [6, 6.07) is 4.48. The van der Waals surface area contributed by atoms with E-state index in [0.29, 0.717) is 4.47 Å². The number of halogens is 2. The Morgan fingerprint density at radius 1 is 1.40 bits per heavy atom. The molecule has 0 atom stereocenters. The third kappa shape index (κ3) is 3.54. The zero-order valence-corrected chi connectivity index (χ0v) is 11.3. The minimum absolute atomic E-state index is 0.0941. The van der Waals surface area contributed by atoms with Crippen LogP contribution >= 0.6 is 28.1 Å². The van der Waals surface area contributed by atoms with Gasteiger partial charge in [-0.2, -0.15) is 0 Å². The Labute approximate surface area is 103 Å². The van der Waals surface area contributed by atoms with Gasteiger partial charge in [-0.15, -0.1) is 0 Å². The average Bonchev–Trinajstić information content (AvgIpc) is 2.08. The summed E-state index contributed by atoms with van der Waals surface area (Å²) in [5.74, 6) is -0.269. The summed E-state index contributed by atoms with van der Waals surface area (Å²) in [5.41, 5.74) is 0.694. The third-order valence-electron chi connectivity index (χ3n) is 1.86. The first-order valence-electron chi connectivity index (χ1n) is 4.57. The van der Waals surface area contributed by atoms with Crippen molar-refractivity contribution in [2.75, 3.05) is 5.32 Å². The van der Waals surface area contributed by atoms with Crippen LogP contribution in [0.2, 0.25) is 0 Å². The predicted octanol–water partition coefficient (Wildman–Crippen LogP) is 4.37. The zero-order chi connectivity index (χ0) is 11.6. The lowest BCUT2D eigenvalue weighted by Crippen LogP contribution is -2.25. The topological polar surface area (TPSA) is 12.0 Å². The van der Waals surface area contributed by atoms with Crippen molar-refractivity contribution in [3.8, 4) is 0 Å². The van der Waals surface area contributed by atoms with E-state index in [1.807, 2.05) is 20.8 Å². The summed E-state index contributed by atoms with van der Waals surface area (Å²) in [4.78, 5) is 0.731. The fraction of sp³-hybridized carbons (Fsp3) is 0.364. The molecule has 0 fully saturated rings. The fourth-order valence-corrected chi connectivity index (χ4v) is 1.46. The maximum Gasteiger partial charge on any atom is 0.124 e. The summed E-state index contributed by atoms with van der Waals surface area (Å²) < 4.78 is 13.5. The van der Waals surface area contributed by atoms with Crippen molar-refractivity contribution in [3.63, 3.8) is 0 Å². The highest BCUT2D eigenvalue weighted by atomic mass is 79.9. The van der Waals surface area contributed by atoms with Crippen molar-refractivity contribution in [2.45, 2.75) is 20.8 Å². The Morgan fingerprint density at radius 2 is 2.00 bits per heavy atom. The van der Waals surface area contributed by atoms with Crippen LogP contribution < -0.4 is 5.32 Å². The van der Waals surface area contributed by atoms with E-state index >= 15 is 0 Å². The number of nitrogens with one attached hydrogen (secondary N) is 1. The Bertz CT molecular complexity index is 385. The molecule has 4 heteroatoms. The molecular weight excluding hydrogens is 277 g/mol. The lowest BCUT2D eigenvalue weighted by Gasteiger charge is -2.21. The Balaban J connectivity index is 2.87. The maximum atomic E-state index is 12.8. The molecule has 0 unspecified atom stereocenters. The van der Waals surface area contributed by atoms with E-state index in [2.05, 4.69) is 21.2 Å². The first-order valence-corrected chi connectivity index (χ1v) is 5.77. The molecule has 82 valence electrons. The van der Waals surface area contributed by atoms with Crippen LogP contribution in [-0.4, -0.2) is 4.99 Å². The molecule has 0 aliphatic heterocycles. The number of rotatable bonds is 1. The second-order valence-corrected chi connectivity index (χ2v) is 5.59. The van der Waals surface area contributed by atoms with Gasteiger partial charge in [-0.05, 0) is 34.1 Å². The van der Waals surface area contributed by atoms with Gasteiger partial charge in [-0.3, -0.25) is 0 Å². The smallest absolute Gasteiger partial charge is 0.124 e. The highest BCUT2D eigenvalue weighted by Gasteiger charge is 2.17. The zero-order valence-electron chi connectivity index (χ0n) is 8.90. The van der Waals surface area contributed by atoms with E-state index in [1.54, 1.807) is 6.07 Å². The molecule has 0 aliphatic rings. The summed E-state index contributed by atoms with van der Waals surface area (Å²) in [5, 5.41) is 3.10. The molecule has 1 aromatic carbocycles. The number of anilines is 1. The van der Waals surface area contributed by atoms with Gasteiger partial charge in [0.1, 0.15) is 5.82 Å². The summed E-state index contributed by atoms with van der Waals surface area (Å²) >= 11 is 8.52. The van der Waals surface area contributed by atoms with Crippen LogP contribution in [0.3, 0.4) is 0 Å². The molecule has 1 rings (SSSR count). The van der Waals surface area contributed by atoms with Gasteiger partial charge in [0.2, 0.25) is 0 Å². The Morgan fingerprint density at radius 3 is 2.47 bits per heavy atom. The lowest BCUT2D eigenvalue weighted by molar-refractivity contribution is 0.599. The highest BCUT2D eigenvalue weighted by molar-refractivity contribution is 9.10. The second kappa shape index (κ2) is 4.58. The van der Waals surface area contributed by atoms with Crippen molar-refractivity contribution < 1.29 is 4.39 Å². The molecule has 0 heterocycles. The van der Waals surface area contributed by atoms with Crippen LogP contribution in [0.4, 0.5) is 10.1 Å². The molecular formula is C11H13BrFNS. The van der Waals surface area contributed by atoms with Crippen LogP contribution in [0.15, 0.2) is 22.7 Å². The van der Waals surface area contributed by atoms with Crippen molar-refractivity contribution in [2.24, 2.45) is 5.41 Å². The third-order valence-corrected chi connectivity index (χ3v) is 3.23. The molecule has 0 amide bonds. The average molecular weight is 290 g/mol. The second-order valence-electron chi connectivity index (χ2n) is 4.33. The number of hydrogen-bond acceptors (Lipinski definition) is 1. The number of hydrogen-bond donors (Lipinski definition) is 1. The van der Waals surface area contributed by atoms with Gasteiger partial charge >= 0.3 is 0 Å². The van der Waals surface area contributed by atoms with Gasteiger partial charge in [0.25, 0.3) is 0 Å². The summed E-state index contributed by atoms with van der Waals surface area (Å²) in [7, 11) is 0. The Kier molecular flexibility index (Phi) is 3.84. The standard InChI is InChI=1S/C11H13BrFNS/c1-11(2,3)10(15)14-9-5-4-7(13)6-8(9)12/h4-6H,1-3H3,(H,14,15). The molecule has 0 spiro atoms. The largest absolute Gasteiger partial charge is 0.349 e. The monoisotopic (exact) mass is 289 g/mol. The minimum atomic E-state index is -0.269. The summed E-state index contributed by atoms with van der Waals surface area (Å²) in [6.45, 7) is 6.08. The van der Waals surface area contributed by atoms with Gasteiger partial charge in [0, 0.05) is 9.89 Å². The van der Waals surface area contributed by atoms with E-state index in [1.165, 1.54) is 12.1 Å². The molecule has 1 nitrogen and oxygen atoms in total. The number of benzene rings is 1. The van der Waals surface area contributed by atoms with E-state index in [-0.39, 0.29) is 11.2 Å². The normalized spacial score (nSPS) is 11.3. The molecule has 0 saturated carbocycles. The van der Waals surface area contributed by atoms with Gasteiger partial charge in [0.05, 0.1) is 10.7 Å². The van der Waals surface area contributed by atoms with E-state index in [4.69, 9.17) is 12.2 Å². The van der Waals surface area contributed by atoms with Crippen LogP contribution in [0.5, 0.6) is 0 Å². The fourth-order valence-electron chi connectivity index (χ4n) is 0.901. The molecule has 0 saturated heterocycles. The molecule has 0 aromatic heterocycles. The predicted molar refractivity (Wildman–Crippen MR) is 69.8 cm³/mol. The Hall–Kier alpha value is -0.480. The quantitative estimate of drug-likeness (QED) is 0.771. The van der Waals surface area contributed by atoms with Crippen molar-refractivity contribution >= 4 is 38.8 Å². The molecule has 1 aromatic rings. The molecule has 15 heavy (non-hydrogen) atoms. The molecule has 0 aliphatic carbocycles. The van der Waals surface area contributed by atoms with Crippen molar-refractivity contribution in [3.05, 3.63) is 28.5 Å². The van der Waals surface area contributed by atoms with Crippen LogP contribution in [0.1, 0.15) is 20.8 Å². The molecule has 1 N–H and O–H groups in total. The number of thiocarbonyl (C=S) groups is 1. The summed E-state index contributed by atoms with van der Waals surface area (Å²) in [6.07, 6.45) is 0. The van der Waals surface area contributed by atoms with Gasteiger partial charge < -0.3 is 5.32 Å². The maximum absolute atomic E-state index is 12.8. The first-order chi connectivity index (χ1) is 6.80.